The van der Waals surface area contributed by atoms with Crippen LogP contribution in [-0.2, 0) is 20.6 Å². The number of aliphatic imine (C=N–C) groups is 1. The first-order valence-corrected chi connectivity index (χ1v) is 10.5. The molecule has 1 rings (SSSR count). The molecule has 1 amide bonds. The first-order chi connectivity index (χ1) is 14.3. The predicted molar refractivity (Wildman–Crippen MR) is 121 cm³/mol. The predicted octanol–water partition coefficient (Wildman–Crippen LogP) is 3.18. The number of guanidine groups is 1. The van der Waals surface area contributed by atoms with Gasteiger partial charge in [-0.15, -0.1) is 0 Å². The molecule has 0 aliphatic heterocycles. The number of methoxy groups -OCH3 is 1. The molecule has 0 radical (unpaired) electrons. The van der Waals surface area contributed by atoms with Crippen molar-refractivity contribution < 1.29 is 19.0 Å². The Bertz CT molecular complexity index is 627. The molecular weight excluding hydrogens is 384 g/mol. The number of rotatable bonds is 12. The van der Waals surface area contributed by atoms with E-state index in [1.54, 1.807) is 7.11 Å². The van der Waals surface area contributed by atoms with Crippen molar-refractivity contribution in [3.05, 3.63) is 29.8 Å². The topological polar surface area (TPSA) is 93.2 Å². The molecular formula is C22H38N4O4. The molecule has 0 aliphatic rings. The Balaban J connectivity index is 2.35. The first kappa shape index (κ1) is 25.7. The fourth-order valence-corrected chi connectivity index (χ4v) is 2.44. The standard InChI is InChI=1S/C22H38N4O4/c1-6-23-20(24-13-7-15-29-17-16-28-5)25-14-12-18-8-10-19(11-9-18)26-21(27)30-22(2,3)4/h8-11H,6-7,12-17H2,1-5H3,(H,26,27)(H2,23,24,25). The number of amides is 1. The van der Waals surface area contributed by atoms with Gasteiger partial charge in [-0.2, -0.15) is 0 Å². The van der Waals surface area contributed by atoms with Crippen LogP contribution in [-0.4, -0.2) is 64.2 Å². The molecule has 1 aromatic rings. The summed E-state index contributed by atoms with van der Waals surface area (Å²) in [6.45, 7) is 11.7. The fraction of sp³-hybridized carbons (Fsp3) is 0.636. The van der Waals surface area contributed by atoms with Gasteiger partial charge in [-0.3, -0.25) is 10.3 Å². The van der Waals surface area contributed by atoms with Crippen LogP contribution in [0.3, 0.4) is 0 Å². The van der Waals surface area contributed by atoms with Gasteiger partial charge in [-0.1, -0.05) is 12.1 Å². The number of anilines is 1. The molecule has 0 unspecified atom stereocenters. The van der Waals surface area contributed by atoms with Crippen LogP contribution >= 0.6 is 0 Å². The number of carbonyl (C=O) groups excluding carboxylic acids is 1. The molecule has 0 aromatic heterocycles. The number of hydrogen-bond acceptors (Lipinski definition) is 5. The van der Waals surface area contributed by atoms with E-state index in [1.807, 2.05) is 52.0 Å². The van der Waals surface area contributed by atoms with Crippen molar-refractivity contribution in [1.29, 1.82) is 0 Å². The highest BCUT2D eigenvalue weighted by atomic mass is 16.6. The van der Waals surface area contributed by atoms with Crippen molar-refractivity contribution in [1.82, 2.24) is 10.6 Å². The molecule has 170 valence electrons. The molecule has 8 nitrogen and oxygen atoms in total. The van der Waals surface area contributed by atoms with E-state index in [4.69, 9.17) is 14.2 Å². The number of hydrogen-bond donors (Lipinski definition) is 3. The molecule has 0 spiro atoms. The molecule has 0 heterocycles. The fourth-order valence-electron chi connectivity index (χ4n) is 2.44. The maximum Gasteiger partial charge on any atom is 0.412 e. The normalized spacial score (nSPS) is 11.8. The minimum atomic E-state index is -0.515. The van der Waals surface area contributed by atoms with Crippen LogP contribution in [0.25, 0.3) is 0 Å². The third-order valence-electron chi connectivity index (χ3n) is 3.80. The first-order valence-electron chi connectivity index (χ1n) is 10.5. The summed E-state index contributed by atoms with van der Waals surface area (Å²) in [6.07, 6.45) is 1.26. The van der Waals surface area contributed by atoms with E-state index in [-0.39, 0.29) is 0 Å². The van der Waals surface area contributed by atoms with Gasteiger partial charge >= 0.3 is 6.09 Å². The molecule has 30 heavy (non-hydrogen) atoms. The third-order valence-corrected chi connectivity index (χ3v) is 3.80. The van der Waals surface area contributed by atoms with Crippen molar-refractivity contribution in [2.75, 3.05) is 51.9 Å². The number of nitrogens with zero attached hydrogens (tertiary/aromatic N) is 1. The monoisotopic (exact) mass is 422 g/mol. The summed E-state index contributed by atoms with van der Waals surface area (Å²) in [6, 6.07) is 7.75. The summed E-state index contributed by atoms with van der Waals surface area (Å²) in [5, 5.41) is 9.33. The molecule has 0 atom stereocenters. The van der Waals surface area contributed by atoms with E-state index in [2.05, 4.69) is 20.9 Å². The minimum absolute atomic E-state index is 0.451. The van der Waals surface area contributed by atoms with Gasteiger partial charge in [0.2, 0.25) is 0 Å². The molecule has 0 bridgehead atoms. The van der Waals surface area contributed by atoms with E-state index in [0.717, 1.165) is 31.9 Å². The average molecular weight is 423 g/mol. The van der Waals surface area contributed by atoms with Gasteiger partial charge in [-0.05, 0) is 58.2 Å². The summed E-state index contributed by atoms with van der Waals surface area (Å²) in [4.78, 5) is 16.4. The molecule has 0 aliphatic carbocycles. The SMILES string of the molecule is CCNC(=NCCCOCCOC)NCCc1ccc(NC(=O)OC(C)(C)C)cc1. The second kappa shape index (κ2) is 14.6. The zero-order chi connectivity index (χ0) is 22.2. The molecule has 1 aromatic carbocycles. The van der Waals surface area contributed by atoms with Gasteiger partial charge in [-0.25, -0.2) is 4.79 Å². The van der Waals surface area contributed by atoms with E-state index in [0.29, 0.717) is 32.1 Å². The van der Waals surface area contributed by atoms with E-state index < -0.39 is 11.7 Å². The van der Waals surface area contributed by atoms with Crippen LogP contribution in [0.5, 0.6) is 0 Å². The van der Waals surface area contributed by atoms with Gasteiger partial charge in [0, 0.05) is 39.0 Å². The highest BCUT2D eigenvalue weighted by Gasteiger charge is 2.16. The average Bonchev–Trinajstić information content (AvgIpc) is 2.67. The van der Waals surface area contributed by atoms with Crippen molar-refractivity contribution >= 4 is 17.7 Å². The Hall–Kier alpha value is -2.32. The van der Waals surface area contributed by atoms with Crippen molar-refractivity contribution in [3.8, 4) is 0 Å². The molecule has 3 N–H and O–H groups in total. The van der Waals surface area contributed by atoms with Crippen molar-refractivity contribution in [2.24, 2.45) is 4.99 Å². The third kappa shape index (κ3) is 13.0. The van der Waals surface area contributed by atoms with Crippen molar-refractivity contribution in [3.63, 3.8) is 0 Å². The number of benzene rings is 1. The quantitative estimate of drug-likeness (QED) is 0.272. The van der Waals surface area contributed by atoms with E-state index >= 15 is 0 Å². The summed E-state index contributed by atoms with van der Waals surface area (Å²) in [7, 11) is 1.66. The lowest BCUT2D eigenvalue weighted by molar-refractivity contribution is 0.0636. The highest BCUT2D eigenvalue weighted by Crippen LogP contribution is 2.13. The van der Waals surface area contributed by atoms with Crippen LogP contribution in [0.15, 0.2) is 29.3 Å². The molecule has 0 saturated carbocycles. The Morgan fingerprint density at radius 1 is 1.07 bits per heavy atom. The minimum Gasteiger partial charge on any atom is -0.444 e. The largest absolute Gasteiger partial charge is 0.444 e. The van der Waals surface area contributed by atoms with Gasteiger partial charge in [0.15, 0.2) is 5.96 Å². The van der Waals surface area contributed by atoms with Crippen LogP contribution in [0, 0.1) is 0 Å². The van der Waals surface area contributed by atoms with Gasteiger partial charge in [0.25, 0.3) is 0 Å². The summed E-state index contributed by atoms with van der Waals surface area (Å²) < 4.78 is 15.6. The Morgan fingerprint density at radius 3 is 2.43 bits per heavy atom. The Morgan fingerprint density at radius 2 is 1.80 bits per heavy atom. The van der Waals surface area contributed by atoms with Crippen LogP contribution in [0.4, 0.5) is 10.5 Å². The Labute approximate surface area is 180 Å². The molecule has 8 heteroatoms. The molecule has 0 saturated heterocycles. The number of ether oxygens (including phenoxy) is 3. The van der Waals surface area contributed by atoms with Crippen LogP contribution in [0.1, 0.15) is 39.7 Å². The second-order valence-electron chi connectivity index (χ2n) is 7.72. The maximum absolute atomic E-state index is 11.8. The lowest BCUT2D eigenvalue weighted by Gasteiger charge is -2.19. The van der Waals surface area contributed by atoms with Crippen LogP contribution < -0.4 is 16.0 Å². The van der Waals surface area contributed by atoms with Crippen LogP contribution in [0.2, 0.25) is 0 Å². The smallest absolute Gasteiger partial charge is 0.412 e. The number of nitrogens with one attached hydrogen (secondary N) is 3. The summed E-state index contributed by atoms with van der Waals surface area (Å²) >= 11 is 0. The highest BCUT2D eigenvalue weighted by molar-refractivity contribution is 5.84. The van der Waals surface area contributed by atoms with Gasteiger partial charge < -0.3 is 24.8 Å². The number of carbonyl (C=O) groups is 1. The van der Waals surface area contributed by atoms with E-state index in [9.17, 15) is 4.79 Å². The van der Waals surface area contributed by atoms with E-state index in [1.165, 1.54) is 5.56 Å². The van der Waals surface area contributed by atoms with Gasteiger partial charge in [0.1, 0.15) is 5.60 Å². The summed E-state index contributed by atoms with van der Waals surface area (Å²) in [5.74, 6) is 0.803. The van der Waals surface area contributed by atoms with Gasteiger partial charge in [0.05, 0.1) is 13.2 Å². The van der Waals surface area contributed by atoms with Crippen molar-refractivity contribution in [2.45, 2.75) is 46.1 Å². The zero-order valence-corrected chi connectivity index (χ0v) is 19.0. The lowest BCUT2D eigenvalue weighted by atomic mass is 10.1. The molecule has 0 fully saturated rings. The second-order valence-corrected chi connectivity index (χ2v) is 7.72. The summed E-state index contributed by atoms with van der Waals surface area (Å²) in [5.41, 5.74) is 1.36. The Kier molecular flexibility index (Phi) is 12.5. The maximum atomic E-state index is 11.8. The lowest BCUT2D eigenvalue weighted by Crippen LogP contribution is -2.38. The zero-order valence-electron chi connectivity index (χ0n) is 19.0.